The van der Waals surface area contributed by atoms with Gasteiger partial charge in [-0.05, 0) is 27.2 Å². The molecule has 0 spiro atoms. The van der Waals surface area contributed by atoms with Crippen LogP contribution in [0.5, 0.6) is 0 Å². The molecule has 1 fully saturated rings. The molecule has 1 atom stereocenters. The Morgan fingerprint density at radius 3 is 2.39 bits per heavy atom. The number of likely N-dealkylation sites (tertiary alicyclic amines) is 1. The van der Waals surface area contributed by atoms with E-state index in [-0.39, 0.29) is 19.4 Å². The van der Waals surface area contributed by atoms with Crippen molar-refractivity contribution in [1.29, 1.82) is 0 Å². The molecule has 1 aliphatic rings. The standard InChI is InChI=1S/C14H22F2N2O5/c1-13(2,3)23-12(22)17-9(4-5-10(19)20)11(21)18-7-6-14(15,16)8-18/h9H,4-8H2,1-3H3,(H,17,22)(H,19,20)/t9-/m0/s1. The van der Waals surface area contributed by atoms with Gasteiger partial charge in [0.15, 0.2) is 0 Å². The fourth-order valence-corrected chi connectivity index (χ4v) is 2.12. The summed E-state index contributed by atoms with van der Waals surface area (Å²) in [6, 6.07) is -1.21. The quantitative estimate of drug-likeness (QED) is 0.795. The molecule has 0 bridgehead atoms. The molecule has 0 aromatic carbocycles. The first-order valence-corrected chi connectivity index (χ1v) is 7.27. The number of aliphatic carboxylic acids is 1. The second-order valence-corrected chi connectivity index (χ2v) is 6.50. The fraction of sp³-hybridized carbons (Fsp3) is 0.786. The topological polar surface area (TPSA) is 95.9 Å². The van der Waals surface area contributed by atoms with Crippen molar-refractivity contribution in [3.8, 4) is 0 Å². The Hall–Kier alpha value is -1.93. The Bertz CT molecular complexity index is 476. The van der Waals surface area contributed by atoms with Crippen LogP contribution in [0.3, 0.4) is 0 Å². The minimum Gasteiger partial charge on any atom is -0.481 e. The Morgan fingerprint density at radius 2 is 1.96 bits per heavy atom. The average Bonchev–Trinajstić information content (AvgIpc) is 2.71. The van der Waals surface area contributed by atoms with E-state index in [1.165, 1.54) is 0 Å². The third-order valence-electron chi connectivity index (χ3n) is 3.12. The van der Waals surface area contributed by atoms with Gasteiger partial charge in [0.25, 0.3) is 5.92 Å². The summed E-state index contributed by atoms with van der Waals surface area (Å²) in [5.74, 6) is -4.84. The van der Waals surface area contributed by atoms with Crippen LogP contribution in [0.15, 0.2) is 0 Å². The maximum atomic E-state index is 13.2. The summed E-state index contributed by atoms with van der Waals surface area (Å²) in [5, 5.41) is 11.0. The normalized spacial score (nSPS) is 18.4. The van der Waals surface area contributed by atoms with Crippen LogP contribution >= 0.6 is 0 Å². The first-order valence-electron chi connectivity index (χ1n) is 7.27. The summed E-state index contributed by atoms with van der Waals surface area (Å²) in [4.78, 5) is 35.6. The highest BCUT2D eigenvalue weighted by atomic mass is 19.3. The van der Waals surface area contributed by atoms with Crippen molar-refractivity contribution in [3.05, 3.63) is 0 Å². The van der Waals surface area contributed by atoms with Crippen LogP contribution in [0.2, 0.25) is 0 Å². The summed E-state index contributed by atoms with van der Waals surface area (Å²) >= 11 is 0. The van der Waals surface area contributed by atoms with Crippen LogP contribution in [0.25, 0.3) is 0 Å². The second kappa shape index (κ2) is 7.10. The molecule has 2 amide bonds. The number of ether oxygens (including phenoxy) is 1. The molecular weight excluding hydrogens is 314 g/mol. The van der Waals surface area contributed by atoms with Gasteiger partial charge in [-0.1, -0.05) is 0 Å². The number of carbonyl (C=O) groups is 3. The van der Waals surface area contributed by atoms with Crippen LogP contribution < -0.4 is 5.32 Å². The molecule has 0 aromatic rings. The van der Waals surface area contributed by atoms with E-state index in [9.17, 15) is 23.2 Å². The SMILES string of the molecule is CC(C)(C)OC(=O)N[C@@H](CCC(=O)O)C(=O)N1CCC(F)(F)C1. The van der Waals surface area contributed by atoms with Gasteiger partial charge in [-0.3, -0.25) is 9.59 Å². The first kappa shape index (κ1) is 19.1. The molecule has 0 aliphatic carbocycles. The number of halogens is 2. The number of hydrogen-bond donors (Lipinski definition) is 2. The Morgan fingerprint density at radius 1 is 1.35 bits per heavy atom. The Balaban J connectivity index is 2.73. The van der Waals surface area contributed by atoms with E-state index in [1.54, 1.807) is 20.8 Å². The number of carboxylic acid groups (broad SMARTS) is 1. The molecule has 0 aromatic heterocycles. The monoisotopic (exact) mass is 336 g/mol. The highest BCUT2D eigenvalue weighted by molar-refractivity contribution is 5.86. The third kappa shape index (κ3) is 6.79. The van der Waals surface area contributed by atoms with Gasteiger partial charge in [0.05, 0.1) is 6.54 Å². The van der Waals surface area contributed by atoms with Crippen LogP contribution in [0.4, 0.5) is 13.6 Å². The van der Waals surface area contributed by atoms with E-state index in [0.29, 0.717) is 0 Å². The number of alkyl halides is 2. The summed E-state index contributed by atoms with van der Waals surface area (Å²) < 4.78 is 31.4. The number of rotatable bonds is 5. The predicted molar refractivity (Wildman–Crippen MR) is 76.2 cm³/mol. The van der Waals surface area contributed by atoms with Crippen LogP contribution in [0, 0.1) is 0 Å². The Labute approximate surface area is 133 Å². The molecule has 9 heteroatoms. The molecule has 0 radical (unpaired) electrons. The molecule has 2 N–H and O–H groups in total. The Kier molecular flexibility index (Phi) is 5.90. The van der Waals surface area contributed by atoms with E-state index in [1.807, 2.05) is 0 Å². The van der Waals surface area contributed by atoms with E-state index in [4.69, 9.17) is 9.84 Å². The lowest BCUT2D eigenvalue weighted by Gasteiger charge is -2.26. The highest BCUT2D eigenvalue weighted by Crippen LogP contribution is 2.27. The van der Waals surface area contributed by atoms with Gasteiger partial charge in [0, 0.05) is 19.4 Å². The maximum absolute atomic E-state index is 13.2. The molecule has 1 saturated heterocycles. The molecular formula is C14H22F2N2O5. The highest BCUT2D eigenvalue weighted by Gasteiger charge is 2.42. The second-order valence-electron chi connectivity index (χ2n) is 6.50. The minimum absolute atomic E-state index is 0.134. The summed E-state index contributed by atoms with van der Waals surface area (Å²) in [5.41, 5.74) is -0.800. The van der Waals surface area contributed by atoms with Gasteiger partial charge in [0.2, 0.25) is 5.91 Å². The molecule has 132 valence electrons. The number of amides is 2. The number of carboxylic acids is 1. The van der Waals surface area contributed by atoms with E-state index in [2.05, 4.69) is 5.32 Å². The molecule has 1 rings (SSSR count). The van der Waals surface area contributed by atoms with Crippen molar-refractivity contribution in [2.24, 2.45) is 0 Å². The molecule has 1 aliphatic heterocycles. The number of carbonyl (C=O) groups excluding carboxylic acids is 2. The number of nitrogens with zero attached hydrogens (tertiary/aromatic N) is 1. The van der Waals surface area contributed by atoms with Crippen molar-refractivity contribution < 1.29 is 33.0 Å². The van der Waals surface area contributed by atoms with Gasteiger partial charge in [-0.15, -0.1) is 0 Å². The van der Waals surface area contributed by atoms with Crippen LogP contribution in [-0.4, -0.2) is 58.6 Å². The zero-order valence-corrected chi connectivity index (χ0v) is 13.4. The zero-order chi connectivity index (χ0) is 17.8. The van der Waals surface area contributed by atoms with Gasteiger partial charge in [-0.25, -0.2) is 13.6 Å². The van der Waals surface area contributed by atoms with Gasteiger partial charge < -0.3 is 20.1 Å². The van der Waals surface area contributed by atoms with Crippen LogP contribution in [-0.2, 0) is 14.3 Å². The van der Waals surface area contributed by atoms with Gasteiger partial charge in [0.1, 0.15) is 11.6 Å². The lowest BCUT2D eigenvalue weighted by molar-refractivity contribution is -0.138. The van der Waals surface area contributed by atoms with Crippen LogP contribution in [0.1, 0.15) is 40.0 Å². The molecule has 23 heavy (non-hydrogen) atoms. The summed E-state index contributed by atoms with van der Waals surface area (Å²) in [7, 11) is 0. The first-order chi connectivity index (χ1) is 10.4. The molecule has 7 nitrogen and oxygen atoms in total. The van der Waals surface area contributed by atoms with E-state index < -0.39 is 48.5 Å². The van der Waals surface area contributed by atoms with Crippen molar-refractivity contribution in [2.45, 2.75) is 57.6 Å². The van der Waals surface area contributed by atoms with Crippen molar-refractivity contribution >= 4 is 18.0 Å². The van der Waals surface area contributed by atoms with Gasteiger partial charge in [-0.2, -0.15) is 0 Å². The molecule has 0 saturated carbocycles. The average molecular weight is 336 g/mol. The zero-order valence-electron chi connectivity index (χ0n) is 13.4. The smallest absolute Gasteiger partial charge is 0.408 e. The maximum Gasteiger partial charge on any atom is 0.408 e. The lowest BCUT2D eigenvalue weighted by Crippen LogP contribution is -2.49. The molecule has 1 heterocycles. The summed E-state index contributed by atoms with van der Waals surface area (Å²) in [6.07, 6.45) is -1.92. The van der Waals surface area contributed by atoms with Gasteiger partial charge >= 0.3 is 12.1 Å². The minimum atomic E-state index is -2.96. The number of nitrogens with one attached hydrogen (secondary N) is 1. The van der Waals surface area contributed by atoms with Crippen molar-refractivity contribution in [2.75, 3.05) is 13.1 Å². The fourth-order valence-electron chi connectivity index (χ4n) is 2.12. The van der Waals surface area contributed by atoms with E-state index in [0.717, 1.165) is 4.90 Å². The van der Waals surface area contributed by atoms with E-state index >= 15 is 0 Å². The molecule has 0 unspecified atom stereocenters. The third-order valence-corrected chi connectivity index (χ3v) is 3.12. The number of alkyl carbamates (subject to hydrolysis) is 1. The largest absolute Gasteiger partial charge is 0.481 e. The number of hydrogen-bond acceptors (Lipinski definition) is 4. The predicted octanol–water partition coefficient (Wildman–Crippen LogP) is 1.61. The van der Waals surface area contributed by atoms with Crippen molar-refractivity contribution in [3.63, 3.8) is 0 Å². The summed E-state index contributed by atoms with van der Waals surface area (Å²) in [6.45, 7) is 4.02. The van der Waals surface area contributed by atoms with Crippen molar-refractivity contribution in [1.82, 2.24) is 10.2 Å². The lowest BCUT2D eigenvalue weighted by atomic mass is 10.1.